The molecule has 0 bridgehead atoms. The summed E-state index contributed by atoms with van der Waals surface area (Å²) < 4.78 is 0. The van der Waals surface area contributed by atoms with Gasteiger partial charge in [0.15, 0.2) is 0 Å². The van der Waals surface area contributed by atoms with Gasteiger partial charge in [-0.1, -0.05) is 29.3 Å². The molecule has 0 saturated heterocycles. The highest BCUT2D eigenvalue weighted by molar-refractivity contribution is 6.36. The van der Waals surface area contributed by atoms with Crippen LogP contribution in [0.2, 0.25) is 10.0 Å². The largest absolute Gasteiger partial charge is 0.325 e. The highest BCUT2D eigenvalue weighted by Gasteiger charge is 2.10. The summed E-state index contributed by atoms with van der Waals surface area (Å²) >= 11 is 11.7. The van der Waals surface area contributed by atoms with Crippen LogP contribution in [0.1, 0.15) is 16.8 Å². The maximum atomic E-state index is 11.8. The van der Waals surface area contributed by atoms with Gasteiger partial charge >= 0.3 is 5.69 Å². The van der Waals surface area contributed by atoms with Crippen LogP contribution in [0.15, 0.2) is 32.9 Å². The van der Waals surface area contributed by atoms with Crippen LogP contribution in [0, 0.1) is 6.92 Å². The maximum Gasteiger partial charge on any atom is 0.325 e. The van der Waals surface area contributed by atoms with Crippen molar-refractivity contribution >= 4 is 35.3 Å². The Labute approximate surface area is 140 Å². The molecular formula is C14H12Cl2N4O3. The summed E-state index contributed by atoms with van der Waals surface area (Å²) in [5.74, 6) is -0.507. The Bertz CT molecular complexity index is 886. The molecule has 0 spiro atoms. The van der Waals surface area contributed by atoms with Crippen molar-refractivity contribution in [2.45, 2.75) is 13.3 Å². The fourth-order valence-electron chi connectivity index (χ4n) is 1.82. The number of benzene rings is 1. The molecule has 0 fully saturated rings. The molecule has 0 atom stereocenters. The summed E-state index contributed by atoms with van der Waals surface area (Å²) in [5, 5.41) is 4.65. The van der Waals surface area contributed by atoms with Gasteiger partial charge in [-0.15, -0.1) is 0 Å². The molecule has 23 heavy (non-hydrogen) atoms. The summed E-state index contributed by atoms with van der Waals surface area (Å²) in [6.45, 7) is 1.54. The molecule has 1 heterocycles. The maximum absolute atomic E-state index is 11.8. The van der Waals surface area contributed by atoms with Crippen molar-refractivity contribution < 1.29 is 4.79 Å². The van der Waals surface area contributed by atoms with Gasteiger partial charge in [0, 0.05) is 21.8 Å². The average molecular weight is 355 g/mol. The molecule has 7 nitrogen and oxygen atoms in total. The van der Waals surface area contributed by atoms with E-state index in [9.17, 15) is 14.4 Å². The van der Waals surface area contributed by atoms with E-state index in [2.05, 4.69) is 20.5 Å². The van der Waals surface area contributed by atoms with Crippen LogP contribution < -0.4 is 16.7 Å². The minimum Gasteiger partial charge on any atom is -0.311 e. The minimum absolute atomic E-state index is 0.168. The predicted octanol–water partition coefficient (Wildman–Crippen LogP) is 1.37. The van der Waals surface area contributed by atoms with Crippen LogP contribution in [-0.4, -0.2) is 22.1 Å². The molecule has 0 aliphatic heterocycles. The third-order valence-electron chi connectivity index (χ3n) is 2.95. The number of hydrazone groups is 1. The van der Waals surface area contributed by atoms with E-state index in [0.717, 1.165) is 0 Å². The van der Waals surface area contributed by atoms with Crippen LogP contribution in [-0.2, 0) is 11.2 Å². The van der Waals surface area contributed by atoms with Gasteiger partial charge in [-0.3, -0.25) is 14.6 Å². The van der Waals surface area contributed by atoms with Gasteiger partial charge in [-0.05, 0) is 19.1 Å². The van der Waals surface area contributed by atoms with Crippen LogP contribution >= 0.6 is 23.2 Å². The number of aromatic nitrogens is 2. The normalized spacial score (nSPS) is 10.9. The highest BCUT2D eigenvalue weighted by atomic mass is 35.5. The third-order valence-corrected chi connectivity index (χ3v) is 3.51. The van der Waals surface area contributed by atoms with Gasteiger partial charge in [0.1, 0.15) is 0 Å². The Kier molecular flexibility index (Phi) is 5.36. The van der Waals surface area contributed by atoms with Crippen molar-refractivity contribution in [2.75, 3.05) is 0 Å². The smallest absolute Gasteiger partial charge is 0.311 e. The van der Waals surface area contributed by atoms with E-state index < -0.39 is 17.2 Å². The number of carbonyl (C=O) groups is 1. The summed E-state index contributed by atoms with van der Waals surface area (Å²) in [6, 6.07) is 4.84. The van der Waals surface area contributed by atoms with Crippen LogP contribution in [0.25, 0.3) is 0 Å². The van der Waals surface area contributed by atoms with Crippen LogP contribution in [0.5, 0.6) is 0 Å². The molecule has 0 aliphatic carbocycles. The Morgan fingerprint density at radius 3 is 2.70 bits per heavy atom. The SMILES string of the molecule is Cc1[nH]c(=O)[nH]c(=O)c1CC(=O)N/N=C\c1ccc(Cl)cc1Cl. The van der Waals surface area contributed by atoms with Crippen LogP contribution in [0.3, 0.4) is 0 Å². The molecule has 0 saturated carbocycles. The molecule has 1 aromatic heterocycles. The van der Waals surface area contributed by atoms with Gasteiger partial charge in [0.2, 0.25) is 5.91 Å². The van der Waals surface area contributed by atoms with E-state index >= 15 is 0 Å². The molecule has 0 unspecified atom stereocenters. The number of aromatic amines is 2. The number of rotatable bonds is 4. The van der Waals surface area contributed by atoms with E-state index in [1.807, 2.05) is 0 Å². The first-order valence-electron chi connectivity index (χ1n) is 6.46. The fourth-order valence-corrected chi connectivity index (χ4v) is 2.28. The Balaban J connectivity index is 2.05. The fraction of sp³-hybridized carbons (Fsp3) is 0.143. The van der Waals surface area contributed by atoms with Gasteiger partial charge < -0.3 is 4.98 Å². The van der Waals surface area contributed by atoms with E-state index in [0.29, 0.717) is 21.3 Å². The summed E-state index contributed by atoms with van der Waals surface area (Å²) in [6.07, 6.45) is 1.14. The zero-order valence-corrected chi connectivity index (χ0v) is 13.5. The Morgan fingerprint density at radius 1 is 1.30 bits per heavy atom. The minimum atomic E-state index is -0.618. The van der Waals surface area contributed by atoms with E-state index in [-0.39, 0.29) is 12.0 Å². The summed E-state index contributed by atoms with van der Waals surface area (Å²) in [5.41, 5.74) is 2.14. The van der Waals surface area contributed by atoms with Crippen LogP contribution in [0.4, 0.5) is 0 Å². The molecule has 1 aromatic carbocycles. The van der Waals surface area contributed by atoms with Gasteiger partial charge in [-0.25, -0.2) is 10.2 Å². The number of carbonyl (C=O) groups excluding carboxylic acids is 1. The second-order valence-corrected chi connectivity index (χ2v) is 5.49. The first-order chi connectivity index (χ1) is 10.9. The second kappa shape index (κ2) is 7.26. The first-order valence-corrected chi connectivity index (χ1v) is 7.21. The molecule has 3 N–H and O–H groups in total. The molecule has 1 amide bonds. The van der Waals surface area contributed by atoms with Gasteiger partial charge in [0.05, 0.1) is 17.7 Å². The average Bonchev–Trinajstić information content (AvgIpc) is 2.45. The van der Waals surface area contributed by atoms with E-state index in [4.69, 9.17) is 23.2 Å². The number of H-pyrrole nitrogens is 2. The number of nitrogens with one attached hydrogen (secondary N) is 3. The number of hydrogen-bond donors (Lipinski definition) is 3. The van der Waals surface area contributed by atoms with Crippen molar-refractivity contribution in [1.29, 1.82) is 0 Å². The third kappa shape index (κ3) is 4.54. The summed E-state index contributed by atoms with van der Waals surface area (Å²) in [7, 11) is 0. The van der Waals surface area contributed by atoms with E-state index in [1.54, 1.807) is 18.2 Å². The molecule has 0 aliphatic rings. The topological polar surface area (TPSA) is 107 Å². The van der Waals surface area contributed by atoms with Gasteiger partial charge in [0.25, 0.3) is 5.56 Å². The van der Waals surface area contributed by atoms with E-state index in [1.165, 1.54) is 13.1 Å². The number of amides is 1. The molecular weight excluding hydrogens is 343 g/mol. The standard InChI is InChI=1S/C14H12Cl2N4O3/c1-7-10(13(22)19-14(23)18-7)5-12(21)20-17-6-8-2-3-9(15)4-11(8)16/h2-4,6H,5H2,1H3,(H,20,21)(H2,18,19,22,23)/b17-6-. The number of aryl methyl sites for hydroxylation is 1. The van der Waals surface area contributed by atoms with Crippen molar-refractivity contribution in [3.63, 3.8) is 0 Å². The molecule has 2 aromatic rings. The Morgan fingerprint density at radius 2 is 2.04 bits per heavy atom. The number of nitrogens with zero attached hydrogens (tertiary/aromatic N) is 1. The lowest BCUT2D eigenvalue weighted by molar-refractivity contribution is -0.120. The quantitative estimate of drug-likeness (QED) is 0.569. The molecule has 120 valence electrons. The molecule has 9 heteroatoms. The van der Waals surface area contributed by atoms with Crippen molar-refractivity contribution in [1.82, 2.24) is 15.4 Å². The first kappa shape index (κ1) is 17.0. The zero-order valence-electron chi connectivity index (χ0n) is 11.9. The van der Waals surface area contributed by atoms with Crippen molar-refractivity contribution in [3.05, 3.63) is 65.9 Å². The summed E-state index contributed by atoms with van der Waals surface area (Å²) in [4.78, 5) is 39.0. The molecule has 0 radical (unpaired) electrons. The lowest BCUT2D eigenvalue weighted by Crippen LogP contribution is -2.30. The van der Waals surface area contributed by atoms with Gasteiger partial charge in [-0.2, -0.15) is 5.10 Å². The molecule has 2 rings (SSSR count). The monoisotopic (exact) mass is 354 g/mol. The number of hydrogen-bond acceptors (Lipinski definition) is 4. The Hall–Kier alpha value is -2.38. The van der Waals surface area contributed by atoms with Crippen molar-refractivity contribution in [3.8, 4) is 0 Å². The lowest BCUT2D eigenvalue weighted by atomic mass is 10.1. The zero-order chi connectivity index (χ0) is 17.0. The second-order valence-electron chi connectivity index (χ2n) is 4.65. The highest BCUT2D eigenvalue weighted by Crippen LogP contribution is 2.19. The predicted molar refractivity (Wildman–Crippen MR) is 88.3 cm³/mol. The lowest BCUT2D eigenvalue weighted by Gasteiger charge is -2.03. The number of halogens is 2. The van der Waals surface area contributed by atoms with Crippen molar-refractivity contribution in [2.24, 2.45) is 5.10 Å².